The highest BCUT2D eigenvalue weighted by Crippen LogP contribution is 2.30. The lowest BCUT2D eigenvalue weighted by Crippen LogP contribution is -2.17. The summed E-state index contributed by atoms with van der Waals surface area (Å²) < 4.78 is 10.5. The van der Waals surface area contributed by atoms with Gasteiger partial charge in [-0.05, 0) is 43.9 Å². The summed E-state index contributed by atoms with van der Waals surface area (Å²) in [5, 5.41) is 20.2. The lowest BCUT2D eigenvalue weighted by molar-refractivity contribution is -0.116. The van der Waals surface area contributed by atoms with Gasteiger partial charge in [0.05, 0.1) is 13.2 Å². The van der Waals surface area contributed by atoms with E-state index in [1.165, 1.54) is 19.3 Å². The number of hydrogen-bond donors (Lipinski definition) is 2. The summed E-state index contributed by atoms with van der Waals surface area (Å²) in [5.74, 6) is -0.510. The molecule has 6 nitrogen and oxygen atoms in total. The predicted octanol–water partition coefficient (Wildman–Crippen LogP) is 2.55. The van der Waals surface area contributed by atoms with E-state index in [1.807, 2.05) is 0 Å². The molecule has 0 bridgehead atoms. The van der Waals surface area contributed by atoms with Gasteiger partial charge in [-0.15, -0.1) is 0 Å². The number of cyclic esters (lactones) is 1. The van der Waals surface area contributed by atoms with E-state index in [4.69, 9.17) is 9.47 Å². The molecule has 1 aromatic rings. The molecule has 1 aromatic carbocycles. The number of ketones is 1. The van der Waals surface area contributed by atoms with Gasteiger partial charge >= 0.3 is 5.97 Å². The van der Waals surface area contributed by atoms with Crippen molar-refractivity contribution in [3.05, 3.63) is 35.4 Å². The maximum atomic E-state index is 12.5. The molecule has 2 N–H and O–H groups in total. The second-order valence-electron chi connectivity index (χ2n) is 6.25. The Labute approximate surface area is 147 Å². The number of aliphatic hydroxyl groups is 1. The van der Waals surface area contributed by atoms with Crippen LogP contribution in [0.15, 0.2) is 24.3 Å². The third-order valence-corrected chi connectivity index (χ3v) is 4.11. The number of aliphatic hydroxyl groups excluding tert-OH is 1. The molecule has 2 unspecified atom stereocenters. The second-order valence-corrected chi connectivity index (χ2v) is 6.25. The number of fused-ring (bicyclic) bond motifs is 1. The summed E-state index contributed by atoms with van der Waals surface area (Å²) in [4.78, 5) is 24.2. The number of aryl methyl sites for hydroxylation is 1. The molecule has 0 amide bonds. The van der Waals surface area contributed by atoms with Gasteiger partial charge in [-0.1, -0.05) is 6.08 Å². The number of aromatic hydroxyl groups is 1. The first-order valence-corrected chi connectivity index (χ1v) is 8.39. The average Bonchev–Trinajstić information content (AvgIpc) is 2.53. The van der Waals surface area contributed by atoms with Gasteiger partial charge in [-0.2, -0.15) is 0 Å². The number of phenols is 1. The zero-order valence-electron chi connectivity index (χ0n) is 14.5. The highest BCUT2D eigenvalue weighted by Gasteiger charge is 2.22. The van der Waals surface area contributed by atoms with Crippen LogP contribution < -0.4 is 4.74 Å². The van der Waals surface area contributed by atoms with Crippen LogP contribution in [0.3, 0.4) is 0 Å². The van der Waals surface area contributed by atoms with Gasteiger partial charge in [0.25, 0.3) is 0 Å². The lowest BCUT2D eigenvalue weighted by Gasteiger charge is -2.17. The van der Waals surface area contributed by atoms with Gasteiger partial charge in [0.1, 0.15) is 23.2 Å². The van der Waals surface area contributed by atoms with Gasteiger partial charge in [-0.3, -0.25) is 4.79 Å². The summed E-state index contributed by atoms with van der Waals surface area (Å²) in [6, 6.07) is 3.06. The minimum absolute atomic E-state index is 0.0703. The quantitative estimate of drug-likeness (QED) is 0.758. The fourth-order valence-electron chi connectivity index (χ4n) is 2.82. The number of phenolic OH excluding ortho intramolecular Hbond substituents is 1. The summed E-state index contributed by atoms with van der Waals surface area (Å²) in [6.07, 6.45) is 3.74. The van der Waals surface area contributed by atoms with Crippen LogP contribution in [0.2, 0.25) is 0 Å². The van der Waals surface area contributed by atoms with Crippen molar-refractivity contribution < 1.29 is 29.3 Å². The number of methoxy groups -OCH3 is 1. The Morgan fingerprint density at radius 2 is 2.04 bits per heavy atom. The Morgan fingerprint density at radius 1 is 1.28 bits per heavy atom. The first kappa shape index (κ1) is 19.0. The van der Waals surface area contributed by atoms with Crippen LogP contribution in [0.4, 0.5) is 0 Å². The predicted molar refractivity (Wildman–Crippen MR) is 91.9 cm³/mol. The highest BCUT2D eigenvalue weighted by atomic mass is 16.5. The molecule has 0 radical (unpaired) electrons. The number of esters is 1. The molecule has 2 rings (SSSR count). The summed E-state index contributed by atoms with van der Waals surface area (Å²) >= 11 is 0. The molecular formula is C19H24O6. The normalized spacial score (nSPS) is 24.0. The molecule has 0 aromatic heterocycles. The van der Waals surface area contributed by atoms with Crippen LogP contribution in [0.5, 0.6) is 11.5 Å². The molecule has 6 heteroatoms. The van der Waals surface area contributed by atoms with Gasteiger partial charge in [0.2, 0.25) is 0 Å². The van der Waals surface area contributed by atoms with E-state index >= 15 is 0 Å². The van der Waals surface area contributed by atoms with Gasteiger partial charge in [-0.25, -0.2) is 4.79 Å². The maximum Gasteiger partial charge on any atom is 0.342 e. The van der Waals surface area contributed by atoms with Crippen molar-refractivity contribution in [3.8, 4) is 11.5 Å². The number of benzene rings is 1. The summed E-state index contributed by atoms with van der Waals surface area (Å²) in [5.41, 5.74) is 0.722. The minimum atomic E-state index is -0.730. The van der Waals surface area contributed by atoms with Crippen molar-refractivity contribution in [2.75, 3.05) is 7.11 Å². The van der Waals surface area contributed by atoms with E-state index in [0.29, 0.717) is 37.0 Å². The van der Waals surface area contributed by atoms with Gasteiger partial charge in [0, 0.05) is 18.9 Å². The molecule has 1 aliphatic rings. The number of carbonyl (C=O) groups is 2. The molecule has 25 heavy (non-hydrogen) atoms. The van der Waals surface area contributed by atoms with E-state index in [1.54, 1.807) is 19.1 Å². The fraction of sp³-hybridized carbons (Fsp3) is 0.474. The van der Waals surface area contributed by atoms with Crippen molar-refractivity contribution in [3.63, 3.8) is 0 Å². The molecule has 0 aliphatic carbocycles. The molecule has 1 aliphatic heterocycles. The fourth-order valence-corrected chi connectivity index (χ4v) is 2.82. The lowest BCUT2D eigenvalue weighted by atomic mass is 9.98. The van der Waals surface area contributed by atoms with Crippen molar-refractivity contribution in [2.45, 2.75) is 51.2 Å². The van der Waals surface area contributed by atoms with Gasteiger partial charge < -0.3 is 19.7 Å². The van der Waals surface area contributed by atoms with E-state index in [9.17, 15) is 19.8 Å². The molecule has 1 heterocycles. The number of ether oxygens (including phenoxy) is 2. The Hall–Kier alpha value is -2.34. The van der Waals surface area contributed by atoms with Crippen LogP contribution in [-0.4, -0.2) is 41.3 Å². The SMILES string of the molecule is COc1cc(O)c2c(c1)CCCC(O)CC(=O)/C=C\CC(C)OC2=O. The zero-order chi connectivity index (χ0) is 18.4. The van der Waals surface area contributed by atoms with E-state index in [0.717, 1.165) is 0 Å². The largest absolute Gasteiger partial charge is 0.507 e. The zero-order valence-corrected chi connectivity index (χ0v) is 14.5. The first-order chi connectivity index (χ1) is 11.9. The van der Waals surface area contributed by atoms with E-state index < -0.39 is 18.2 Å². The molecule has 0 spiro atoms. The molecule has 136 valence electrons. The molecule has 0 saturated carbocycles. The first-order valence-electron chi connectivity index (χ1n) is 8.39. The average molecular weight is 348 g/mol. The molecule has 0 fully saturated rings. The van der Waals surface area contributed by atoms with Crippen LogP contribution in [0.25, 0.3) is 0 Å². The summed E-state index contributed by atoms with van der Waals surface area (Å²) in [6.45, 7) is 1.72. The van der Waals surface area contributed by atoms with Crippen molar-refractivity contribution >= 4 is 11.8 Å². The van der Waals surface area contributed by atoms with Crippen LogP contribution in [-0.2, 0) is 16.0 Å². The Balaban J connectivity index is 2.33. The van der Waals surface area contributed by atoms with Crippen LogP contribution in [0.1, 0.15) is 48.5 Å². The Bertz CT molecular complexity index is 664. The highest BCUT2D eigenvalue weighted by molar-refractivity contribution is 5.94. The number of hydrogen-bond acceptors (Lipinski definition) is 6. The van der Waals surface area contributed by atoms with Crippen LogP contribution >= 0.6 is 0 Å². The van der Waals surface area contributed by atoms with E-state index in [2.05, 4.69) is 0 Å². The molecular weight excluding hydrogens is 324 g/mol. The van der Waals surface area contributed by atoms with E-state index in [-0.39, 0.29) is 23.5 Å². The number of allylic oxidation sites excluding steroid dienone is 1. The number of rotatable bonds is 1. The third-order valence-electron chi connectivity index (χ3n) is 4.11. The second kappa shape index (κ2) is 8.67. The smallest absolute Gasteiger partial charge is 0.342 e. The monoisotopic (exact) mass is 348 g/mol. The van der Waals surface area contributed by atoms with Crippen molar-refractivity contribution in [1.29, 1.82) is 0 Å². The maximum absolute atomic E-state index is 12.5. The van der Waals surface area contributed by atoms with Crippen molar-refractivity contribution in [1.82, 2.24) is 0 Å². The van der Waals surface area contributed by atoms with Crippen molar-refractivity contribution in [2.24, 2.45) is 0 Å². The Kier molecular flexibility index (Phi) is 6.58. The Morgan fingerprint density at radius 3 is 2.76 bits per heavy atom. The topological polar surface area (TPSA) is 93.1 Å². The van der Waals surface area contributed by atoms with Crippen LogP contribution in [0, 0.1) is 0 Å². The molecule has 0 saturated heterocycles. The van der Waals surface area contributed by atoms with Gasteiger partial charge in [0.15, 0.2) is 5.78 Å². The summed E-state index contributed by atoms with van der Waals surface area (Å²) in [7, 11) is 1.48. The third kappa shape index (κ3) is 5.32. The minimum Gasteiger partial charge on any atom is -0.507 e. The molecule has 2 atom stereocenters. The standard InChI is InChI=1S/C19H24O6/c1-12-5-3-7-14(20)10-15(21)8-4-6-13-9-16(24-2)11-17(22)18(13)19(23)25-12/h3,7,9,11-12,15,21-22H,4-6,8,10H2,1-2H3/b7-3-. The number of carbonyl (C=O) groups excluding carboxylic acids is 2.